The second-order valence-electron chi connectivity index (χ2n) is 5.29. The van der Waals surface area contributed by atoms with Gasteiger partial charge in [-0.15, -0.1) is 0 Å². The van der Waals surface area contributed by atoms with E-state index in [0.29, 0.717) is 13.0 Å². The summed E-state index contributed by atoms with van der Waals surface area (Å²) in [5.41, 5.74) is 1.97. The molecule has 1 aromatic carbocycles. The maximum absolute atomic E-state index is 12.0. The molecule has 1 amide bonds. The Bertz CT molecular complexity index is 510. The SMILES string of the molecule is CCCCCCCN1C(=O)Cc2ccc(C(=O)O)cc21. The number of carboxylic acid groups (broad SMARTS) is 1. The van der Waals surface area contributed by atoms with Crippen molar-refractivity contribution in [3.63, 3.8) is 0 Å². The molecule has 1 N–H and O–H groups in total. The van der Waals surface area contributed by atoms with Crippen LogP contribution < -0.4 is 4.90 Å². The Kier molecular flexibility index (Phi) is 4.77. The Hall–Kier alpha value is -1.84. The molecule has 108 valence electrons. The number of carbonyl (C=O) groups is 2. The Balaban J connectivity index is 2.03. The van der Waals surface area contributed by atoms with Crippen LogP contribution in [0.2, 0.25) is 0 Å². The summed E-state index contributed by atoms with van der Waals surface area (Å²) in [6.45, 7) is 2.87. The van der Waals surface area contributed by atoms with E-state index in [4.69, 9.17) is 5.11 Å². The zero-order valence-corrected chi connectivity index (χ0v) is 11.9. The average molecular weight is 275 g/mol. The predicted octanol–water partition coefficient (Wildman–Crippen LogP) is 3.24. The molecular formula is C16H21NO3. The van der Waals surface area contributed by atoms with Crippen LogP contribution >= 0.6 is 0 Å². The van der Waals surface area contributed by atoms with Crippen molar-refractivity contribution in [3.8, 4) is 0 Å². The number of rotatable bonds is 7. The molecule has 0 fully saturated rings. The van der Waals surface area contributed by atoms with Gasteiger partial charge in [0.05, 0.1) is 12.0 Å². The monoisotopic (exact) mass is 275 g/mol. The van der Waals surface area contributed by atoms with Crippen molar-refractivity contribution in [2.24, 2.45) is 0 Å². The molecule has 20 heavy (non-hydrogen) atoms. The van der Waals surface area contributed by atoms with Gasteiger partial charge in [0, 0.05) is 12.2 Å². The van der Waals surface area contributed by atoms with E-state index in [0.717, 1.165) is 24.1 Å². The van der Waals surface area contributed by atoms with Crippen molar-refractivity contribution in [2.75, 3.05) is 11.4 Å². The Labute approximate surface area is 119 Å². The first-order chi connectivity index (χ1) is 9.63. The number of nitrogens with zero attached hydrogens (tertiary/aromatic N) is 1. The maximum atomic E-state index is 12.0. The molecule has 1 aliphatic heterocycles. The third-order valence-corrected chi connectivity index (χ3v) is 3.75. The van der Waals surface area contributed by atoms with Crippen LogP contribution in [-0.4, -0.2) is 23.5 Å². The highest BCUT2D eigenvalue weighted by Crippen LogP contribution is 2.30. The van der Waals surface area contributed by atoms with Gasteiger partial charge in [0.2, 0.25) is 5.91 Å². The van der Waals surface area contributed by atoms with Crippen molar-refractivity contribution in [2.45, 2.75) is 45.4 Å². The normalized spacial score (nSPS) is 13.7. The minimum absolute atomic E-state index is 0.0815. The van der Waals surface area contributed by atoms with Crippen molar-refractivity contribution in [1.29, 1.82) is 0 Å². The number of unbranched alkanes of at least 4 members (excludes halogenated alkanes) is 4. The van der Waals surface area contributed by atoms with Gasteiger partial charge in [-0.25, -0.2) is 4.79 Å². The molecule has 0 saturated carbocycles. The average Bonchev–Trinajstić information content (AvgIpc) is 2.73. The summed E-state index contributed by atoms with van der Waals surface area (Å²) >= 11 is 0. The van der Waals surface area contributed by atoms with Gasteiger partial charge in [-0.05, 0) is 24.1 Å². The third kappa shape index (κ3) is 3.18. The molecule has 1 aromatic rings. The zero-order valence-electron chi connectivity index (χ0n) is 11.9. The fourth-order valence-electron chi connectivity index (χ4n) is 2.61. The lowest BCUT2D eigenvalue weighted by Gasteiger charge is -2.17. The zero-order chi connectivity index (χ0) is 14.5. The summed E-state index contributed by atoms with van der Waals surface area (Å²) in [4.78, 5) is 24.8. The number of anilines is 1. The number of aromatic carboxylic acids is 1. The second-order valence-corrected chi connectivity index (χ2v) is 5.29. The van der Waals surface area contributed by atoms with Gasteiger partial charge in [0.15, 0.2) is 0 Å². The lowest BCUT2D eigenvalue weighted by molar-refractivity contribution is -0.117. The van der Waals surface area contributed by atoms with E-state index in [1.165, 1.54) is 19.3 Å². The Morgan fingerprint density at radius 1 is 1.25 bits per heavy atom. The summed E-state index contributed by atoms with van der Waals surface area (Å²) in [6.07, 6.45) is 6.11. The van der Waals surface area contributed by atoms with Gasteiger partial charge in [-0.2, -0.15) is 0 Å². The van der Waals surface area contributed by atoms with Crippen LogP contribution in [0.5, 0.6) is 0 Å². The molecule has 0 aromatic heterocycles. The van der Waals surface area contributed by atoms with Gasteiger partial charge >= 0.3 is 5.97 Å². The lowest BCUT2D eigenvalue weighted by Crippen LogP contribution is -2.27. The lowest BCUT2D eigenvalue weighted by atomic mass is 10.1. The second kappa shape index (κ2) is 6.55. The minimum Gasteiger partial charge on any atom is -0.478 e. The smallest absolute Gasteiger partial charge is 0.335 e. The fraction of sp³-hybridized carbons (Fsp3) is 0.500. The molecule has 0 saturated heterocycles. The van der Waals surface area contributed by atoms with Crippen molar-refractivity contribution in [3.05, 3.63) is 29.3 Å². The standard InChI is InChI=1S/C16H21NO3/c1-2-3-4-5-6-9-17-14-10-13(16(19)20)8-7-12(14)11-15(17)18/h7-8,10H,2-6,9,11H2,1H3,(H,19,20). The molecule has 1 aliphatic rings. The first kappa shape index (κ1) is 14.6. The number of carbonyl (C=O) groups excluding carboxylic acids is 1. The molecule has 1 heterocycles. The van der Waals surface area contributed by atoms with E-state index in [2.05, 4.69) is 6.92 Å². The summed E-state index contributed by atoms with van der Waals surface area (Å²) in [7, 11) is 0. The quantitative estimate of drug-likeness (QED) is 0.777. The van der Waals surface area contributed by atoms with Gasteiger partial charge in [-0.3, -0.25) is 4.79 Å². The molecule has 0 radical (unpaired) electrons. The summed E-state index contributed by atoms with van der Waals surface area (Å²) in [6, 6.07) is 4.95. The van der Waals surface area contributed by atoms with Gasteiger partial charge in [0.25, 0.3) is 0 Å². The van der Waals surface area contributed by atoms with Crippen molar-refractivity contribution < 1.29 is 14.7 Å². The number of carboxylic acids is 1. The molecular weight excluding hydrogens is 254 g/mol. The highest BCUT2D eigenvalue weighted by atomic mass is 16.4. The third-order valence-electron chi connectivity index (χ3n) is 3.75. The van der Waals surface area contributed by atoms with Gasteiger partial charge in [-0.1, -0.05) is 38.7 Å². The number of hydrogen-bond donors (Lipinski definition) is 1. The molecule has 0 unspecified atom stereocenters. The van der Waals surface area contributed by atoms with Crippen molar-refractivity contribution >= 4 is 17.6 Å². The largest absolute Gasteiger partial charge is 0.478 e. The minimum atomic E-state index is -0.949. The van der Waals surface area contributed by atoms with Crippen LogP contribution in [0.15, 0.2) is 18.2 Å². The van der Waals surface area contributed by atoms with Gasteiger partial charge < -0.3 is 10.0 Å². The first-order valence-corrected chi connectivity index (χ1v) is 7.30. The van der Waals surface area contributed by atoms with E-state index in [9.17, 15) is 9.59 Å². The molecule has 4 nitrogen and oxygen atoms in total. The van der Waals surface area contributed by atoms with E-state index < -0.39 is 5.97 Å². The number of fused-ring (bicyclic) bond motifs is 1. The molecule has 2 rings (SSSR count). The van der Waals surface area contributed by atoms with Crippen LogP contribution in [0.4, 0.5) is 5.69 Å². The molecule has 0 spiro atoms. The number of benzene rings is 1. The molecule has 0 aliphatic carbocycles. The molecule has 0 bridgehead atoms. The van der Waals surface area contributed by atoms with E-state index in [1.807, 2.05) is 0 Å². The Morgan fingerprint density at radius 2 is 2.00 bits per heavy atom. The summed E-state index contributed by atoms with van der Waals surface area (Å²) in [5, 5.41) is 9.04. The van der Waals surface area contributed by atoms with Crippen LogP contribution in [0, 0.1) is 0 Å². The highest BCUT2D eigenvalue weighted by molar-refractivity contribution is 6.03. The highest BCUT2D eigenvalue weighted by Gasteiger charge is 2.27. The first-order valence-electron chi connectivity index (χ1n) is 7.30. The number of amides is 1. The summed E-state index contributed by atoms with van der Waals surface area (Å²) in [5.74, 6) is -0.868. The topological polar surface area (TPSA) is 57.6 Å². The number of hydrogen-bond acceptors (Lipinski definition) is 2. The fourth-order valence-corrected chi connectivity index (χ4v) is 2.61. The maximum Gasteiger partial charge on any atom is 0.335 e. The van der Waals surface area contributed by atoms with Crippen LogP contribution in [0.3, 0.4) is 0 Å². The van der Waals surface area contributed by atoms with Crippen molar-refractivity contribution in [1.82, 2.24) is 0 Å². The molecule has 4 heteroatoms. The van der Waals surface area contributed by atoms with E-state index in [1.54, 1.807) is 23.1 Å². The van der Waals surface area contributed by atoms with E-state index in [-0.39, 0.29) is 11.5 Å². The van der Waals surface area contributed by atoms with Gasteiger partial charge in [0.1, 0.15) is 0 Å². The molecule has 0 atom stereocenters. The van der Waals surface area contributed by atoms with E-state index >= 15 is 0 Å². The Morgan fingerprint density at radius 3 is 2.70 bits per heavy atom. The predicted molar refractivity (Wildman–Crippen MR) is 78.2 cm³/mol. The van der Waals surface area contributed by atoms with Crippen LogP contribution in [-0.2, 0) is 11.2 Å². The summed E-state index contributed by atoms with van der Waals surface area (Å²) < 4.78 is 0. The van der Waals surface area contributed by atoms with Crippen LogP contribution in [0.25, 0.3) is 0 Å². The van der Waals surface area contributed by atoms with Crippen LogP contribution in [0.1, 0.15) is 54.9 Å².